The van der Waals surface area contributed by atoms with Gasteiger partial charge in [0.15, 0.2) is 5.82 Å². The standard InChI is InChI=1S/C19H17Br2N3/c1-10-5-6-16-11(7-10)19(2,3)17-18(24(16)4)23-15-9-13(21)12(20)8-14(15)22-17/h5-9H,1-4H3. The summed E-state index contributed by atoms with van der Waals surface area (Å²) in [6.45, 7) is 6.59. The van der Waals surface area contributed by atoms with Gasteiger partial charge in [0.1, 0.15) is 0 Å². The summed E-state index contributed by atoms with van der Waals surface area (Å²) in [5, 5.41) is 0. The lowest BCUT2D eigenvalue weighted by Crippen LogP contribution is -2.33. The van der Waals surface area contributed by atoms with Gasteiger partial charge < -0.3 is 4.90 Å². The maximum Gasteiger partial charge on any atom is 0.156 e. The Bertz CT molecular complexity index is 996. The summed E-state index contributed by atoms with van der Waals surface area (Å²) in [7, 11) is 2.07. The topological polar surface area (TPSA) is 29.0 Å². The second-order valence-electron chi connectivity index (χ2n) is 6.86. The van der Waals surface area contributed by atoms with Crippen LogP contribution in [0.5, 0.6) is 0 Å². The fourth-order valence-corrected chi connectivity index (χ4v) is 4.04. The number of rotatable bonds is 0. The molecule has 0 spiro atoms. The first kappa shape index (κ1) is 16.0. The van der Waals surface area contributed by atoms with Gasteiger partial charge in [0.2, 0.25) is 0 Å². The molecule has 0 unspecified atom stereocenters. The summed E-state index contributed by atoms with van der Waals surface area (Å²) in [6, 6.07) is 10.6. The maximum absolute atomic E-state index is 4.99. The molecule has 1 aliphatic heterocycles. The van der Waals surface area contributed by atoms with E-state index in [1.807, 2.05) is 12.1 Å². The van der Waals surface area contributed by atoms with Gasteiger partial charge in [-0.2, -0.15) is 0 Å². The number of aryl methyl sites for hydroxylation is 1. The van der Waals surface area contributed by atoms with Gasteiger partial charge in [-0.1, -0.05) is 17.7 Å². The molecule has 0 amide bonds. The highest BCUT2D eigenvalue weighted by Gasteiger charge is 2.37. The van der Waals surface area contributed by atoms with Gasteiger partial charge in [0.05, 0.1) is 16.7 Å². The molecular formula is C19H17Br2N3. The molecule has 0 aliphatic carbocycles. The van der Waals surface area contributed by atoms with Crippen molar-refractivity contribution in [3.8, 4) is 0 Å². The number of hydrogen-bond acceptors (Lipinski definition) is 3. The van der Waals surface area contributed by atoms with Gasteiger partial charge >= 0.3 is 0 Å². The fraction of sp³-hybridized carbons (Fsp3) is 0.263. The quantitative estimate of drug-likeness (QED) is 0.432. The molecule has 3 aromatic rings. The average molecular weight is 447 g/mol. The zero-order valence-electron chi connectivity index (χ0n) is 14.0. The molecule has 1 aromatic heterocycles. The summed E-state index contributed by atoms with van der Waals surface area (Å²) in [5.41, 5.74) is 6.38. The molecule has 4 rings (SSSR count). The van der Waals surface area contributed by atoms with E-state index >= 15 is 0 Å². The Kier molecular flexibility index (Phi) is 3.52. The number of fused-ring (bicyclic) bond motifs is 3. The molecule has 0 bridgehead atoms. The zero-order valence-corrected chi connectivity index (χ0v) is 17.2. The Morgan fingerprint density at radius 2 is 1.58 bits per heavy atom. The number of benzene rings is 2. The van der Waals surface area contributed by atoms with E-state index in [-0.39, 0.29) is 5.41 Å². The van der Waals surface area contributed by atoms with Gasteiger partial charge in [-0.05, 0) is 76.4 Å². The highest BCUT2D eigenvalue weighted by Crippen LogP contribution is 2.47. The van der Waals surface area contributed by atoms with Crippen LogP contribution in [0.3, 0.4) is 0 Å². The Hall–Kier alpha value is -1.46. The smallest absolute Gasteiger partial charge is 0.156 e. The first-order valence-corrected chi connectivity index (χ1v) is 9.40. The molecule has 3 nitrogen and oxygen atoms in total. The van der Waals surface area contributed by atoms with Crippen molar-refractivity contribution < 1.29 is 0 Å². The lowest BCUT2D eigenvalue weighted by atomic mass is 9.77. The van der Waals surface area contributed by atoms with Gasteiger partial charge in [0.25, 0.3) is 0 Å². The molecule has 5 heteroatoms. The lowest BCUT2D eigenvalue weighted by molar-refractivity contribution is 0.604. The van der Waals surface area contributed by atoms with Crippen molar-refractivity contribution in [2.24, 2.45) is 0 Å². The largest absolute Gasteiger partial charge is 0.328 e. The third-order valence-electron chi connectivity index (χ3n) is 4.78. The fourth-order valence-electron chi connectivity index (χ4n) is 3.38. The summed E-state index contributed by atoms with van der Waals surface area (Å²) >= 11 is 7.12. The van der Waals surface area contributed by atoms with Crippen molar-refractivity contribution in [3.05, 3.63) is 56.1 Å². The molecule has 0 fully saturated rings. The molecule has 2 aromatic carbocycles. The van der Waals surface area contributed by atoms with Gasteiger partial charge in [-0.25, -0.2) is 9.97 Å². The van der Waals surface area contributed by atoms with Crippen molar-refractivity contribution in [2.45, 2.75) is 26.2 Å². The molecule has 24 heavy (non-hydrogen) atoms. The monoisotopic (exact) mass is 445 g/mol. The van der Waals surface area contributed by atoms with E-state index in [4.69, 9.17) is 9.97 Å². The van der Waals surface area contributed by atoms with Crippen LogP contribution in [-0.4, -0.2) is 17.0 Å². The van der Waals surface area contributed by atoms with Crippen molar-refractivity contribution in [1.29, 1.82) is 0 Å². The second-order valence-corrected chi connectivity index (χ2v) is 8.56. The minimum absolute atomic E-state index is 0.191. The van der Waals surface area contributed by atoms with E-state index in [0.29, 0.717) is 0 Å². The Morgan fingerprint density at radius 3 is 2.25 bits per heavy atom. The minimum atomic E-state index is -0.191. The van der Waals surface area contributed by atoms with Crippen molar-refractivity contribution in [2.75, 3.05) is 11.9 Å². The summed E-state index contributed by atoms with van der Waals surface area (Å²) in [5.74, 6) is 0.929. The minimum Gasteiger partial charge on any atom is -0.328 e. The van der Waals surface area contributed by atoms with E-state index in [9.17, 15) is 0 Å². The first-order valence-electron chi connectivity index (χ1n) is 7.81. The number of anilines is 2. The Balaban J connectivity index is 2.06. The Morgan fingerprint density at radius 1 is 0.958 bits per heavy atom. The SMILES string of the molecule is Cc1ccc2c(c1)C(C)(C)c1nc3cc(Br)c(Br)cc3nc1N2C. The molecular weight excluding hydrogens is 430 g/mol. The van der Waals surface area contributed by atoms with E-state index < -0.39 is 0 Å². The maximum atomic E-state index is 4.99. The van der Waals surface area contributed by atoms with E-state index in [1.54, 1.807) is 0 Å². The van der Waals surface area contributed by atoms with Crippen LogP contribution in [0, 0.1) is 6.92 Å². The second kappa shape index (κ2) is 5.27. The van der Waals surface area contributed by atoms with Crippen LogP contribution < -0.4 is 4.90 Å². The summed E-state index contributed by atoms with van der Waals surface area (Å²) in [4.78, 5) is 12.1. The molecule has 122 valence electrons. The third-order valence-corrected chi connectivity index (χ3v) is 6.63. The van der Waals surface area contributed by atoms with Crippen LogP contribution in [0.2, 0.25) is 0 Å². The number of halogens is 2. The van der Waals surface area contributed by atoms with E-state index in [1.165, 1.54) is 16.8 Å². The highest BCUT2D eigenvalue weighted by atomic mass is 79.9. The lowest BCUT2D eigenvalue weighted by Gasteiger charge is -2.38. The number of nitrogens with zero attached hydrogens (tertiary/aromatic N) is 3. The molecule has 0 atom stereocenters. The van der Waals surface area contributed by atoms with Crippen LogP contribution in [0.4, 0.5) is 11.5 Å². The predicted octanol–water partition coefficient (Wildman–Crippen LogP) is 5.87. The van der Waals surface area contributed by atoms with Crippen LogP contribution in [0.1, 0.15) is 30.7 Å². The third kappa shape index (κ3) is 2.21. The normalized spacial score (nSPS) is 15.3. The van der Waals surface area contributed by atoms with E-state index in [2.05, 4.69) is 82.8 Å². The summed E-state index contributed by atoms with van der Waals surface area (Å²) < 4.78 is 1.97. The van der Waals surface area contributed by atoms with Crippen molar-refractivity contribution in [1.82, 2.24) is 9.97 Å². The highest BCUT2D eigenvalue weighted by molar-refractivity contribution is 9.13. The predicted molar refractivity (Wildman–Crippen MR) is 106 cm³/mol. The molecule has 0 saturated carbocycles. The van der Waals surface area contributed by atoms with Gasteiger partial charge in [-0.3, -0.25) is 0 Å². The molecule has 0 saturated heterocycles. The molecule has 0 N–H and O–H groups in total. The Labute approximate surface area is 158 Å². The van der Waals surface area contributed by atoms with Gasteiger partial charge in [0, 0.05) is 27.1 Å². The summed E-state index contributed by atoms with van der Waals surface area (Å²) in [6.07, 6.45) is 0. The number of aromatic nitrogens is 2. The van der Waals surface area contributed by atoms with Crippen LogP contribution in [0.15, 0.2) is 39.3 Å². The first-order chi connectivity index (χ1) is 11.3. The van der Waals surface area contributed by atoms with Crippen molar-refractivity contribution in [3.63, 3.8) is 0 Å². The van der Waals surface area contributed by atoms with Crippen LogP contribution in [0.25, 0.3) is 11.0 Å². The molecule has 2 heterocycles. The van der Waals surface area contributed by atoms with Gasteiger partial charge in [-0.15, -0.1) is 0 Å². The molecule has 1 aliphatic rings. The zero-order chi connectivity index (χ0) is 17.2. The number of hydrogen-bond donors (Lipinski definition) is 0. The molecule has 0 radical (unpaired) electrons. The van der Waals surface area contributed by atoms with Crippen LogP contribution >= 0.6 is 31.9 Å². The average Bonchev–Trinajstić information content (AvgIpc) is 2.53. The van der Waals surface area contributed by atoms with E-state index in [0.717, 1.165) is 31.5 Å². The van der Waals surface area contributed by atoms with Crippen LogP contribution in [-0.2, 0) is 5.41 Å². The van der Waals surface area contributed by atoms with Crippen molar-refractivity contribution >= 4 is 54.4 Å².